The summed E-state index contributed by atoms with van der Waals surface area (Å²) >= 11 is 0. The number of hydrogen-bond donors (Lipinski definition) is 1. The van der Waals surface area contributed by atoms with Crippen molar-refractivity contribution in [1.82, 2.24) is 19.7 Å². The number of amides is 1. The molecule has 8 nitrogen and oxygen atoms in total. The van der Waals surface area contributed by atoms with Crippen LogP contribution in [0.25, 0.3) is 33.7 Å². The lowest BCUT2D eigenvalue weighted by atomic mass is 10.0. The number of nitrogens with zero attached hydrogens (tertiary/aromatic N) is 5. The Bertz CT molecular complexity index is 1330. The number of rotatable bonds is 4. The van der Waals surface area contributed by atoms with Gasteiger partial charge < -0.3 is 15.1 Å². The zero-order chi connectivity index (χ0) is 22.4. The van der Waals surface area contributed by atoms with Gasteiger partial charge in [-0.1, -0.05) is 0 Å². The molecule has 1 atom stereocenters. The molecular formula is C23H23FN6O2. The normalized spacial score (nSPS) is 16.6. The van der Waals surface area contributed by atoms with Gasteiger partial charge in [-0.25, -0.2) is 9.37 Å². The molecule has 4 aromatic rings. The summed E-state index contributed by atoms with van der Waals surface area (Å²) in [5.41, 5.74) is 9.29. The molecule has 0 radical (unpaired) electrons. The van der Waals surface area contributed by atoms with Crippen LogP contribution in [-0.4, -0.2) is 44.9 Å². The van der Waals surface area contributed by atoms with Crippen LogP contribution in [0, 0.1) is 6.92 Å². The molecule has 3 aromatic heterocycles. The number of primary amides is 1. The number of pyridine rings is 1. The Morgan fingerprint density at radius 3 is 2.91 bits per heavy atom. The second kappa shape index (κ2) is 7.74. The number of alkyl halides is 1. The van der Waals surface area contributed by atoms with Gasteiger partial charge in [0.2, 0.25) is 5.89 Å². The quantitative estimate of drug-likeness (QED) is 0.526. The number of benzene rings is 1. The number of anilines is 1. The minimum Gasteiger partial charge on any atom is -0.435 e. The van der Waals surface area contributed by atoms with Crippen LogP contribution in [0.5, 0.6) is 0 Å². The Morgan fingerprint density at radius 2 is 2.16 bits per heavy atom. The minimum absolute atomic E-state index is 0.0276. The number of aryl methyl sites for hydroxylation is 2. The third-order valence-corrected chi connectivity index (χ3v) is 5.69. The first-order valence-electron chi connectivity index (χ1n) is 10.5. The standard InChI is InChI=1S/C23H23FN6O2/c1-13-8-14(5-6-26-13)23-27-20(22(25)31)21(32-23)17-10-18-15(11-29(2)28-18)9-19(17)30-7-3-4-16(24)12-30/h5-6,8-11,16H,3-4,7,12H2,1-2H3,(H2,25,31). The molecule has 2 N–H and O–H groups in total. The summed E-state index contributed by atoms with van der Waals surface area (Å²) in [5, 5.41) is 5.40. The molecule has 0 aliphatic carbocycles. The van der Waals surface area contributed by atoms with E-state index in [1.165, 1.54) is 0 Å². The van der Waals surface area contributed by atoms with Crippen LogP contribution in [0.4, 0.5) is 10.1 Å². The number of carbonyl (C=O) groups is 1. The molecule has 0 saturated carbocycles. The van der Waals surface area contributed by atoms with Crippen molar-refractivity contribution >= 4 is 22.5 Å². The molecular weight excluding hydrogens is 411 g/mol. The predicted octanol–water partition coefficient (Wildman–Crippen LogP) is 3.64. The summed E-state index contributed by atoms with van der Waals surface area (Å²) < 4.78 is 22.1. The fraction of sp³-hybridized carbons (Fsp3) is 0.304. The van der Waals surface area contributed by atoms with Gasteiger partial charge in [-0.2, -0.15) is 5.10 Å². The van der Waals surface area contributed by atoms with E-state index in [0.717, 1.165) is 28.7 Å². The number of aromatic nitrogens is 4. The monoisotopic (exact) mass is 434 g/mol. The molecule has 4 heterocycles. The van der Waals surface area contributed by atoms with Gasteiger partial charge in [0.05, 0.1) is 5.52 Å². The molecule has 1 fully saturated rings. The van der Waals surface area contributed by atoms with Gasteiger partial charge in [-0.15, -0.1) is 0 Å². The third-order valence-electron chi connectivity index (χ3n) is 5.69. The van der Waals surface area contributed by atoms with Crippen LogP contribution < -0.4 is 10.6 Å². The van der Waals surface area contributed by atoms with E-state index in [1.54, 1.807) is 16.9 Å². The molecule has 1 saturated heterocycles. The summed E-state index contributed by atoms with van der Waals surface area (Å²) in [6.45, 7) is 2.84. The second-order valence-corrected chi connectivity index (χ2v) is 8.16. The van der Waals surface area contributed by atoms with Crippen LogP contribution in [0.2, 0.25) is 0 Å². The maximum Gasteiger partial charge on any atom is 0.271 e. The second-order valence-electron chi connectivity index (χ2n) is 8.16. The number of nitrogens with two attached hydrogens (primary N) is 1. The Kier molecular flexibility index (Phi) is 4.88. The lowest BCUT2D eigenvalue weighted by molar-refractivity contribution is 0.0996. The molecule has 1 unspecified atom stereocenters. The highest BCUT2D eigenvalue weighted by molar-refractivity contribution is 6.01. The topological polar surface area (TPSA) is 103 Å². The number of piperidine rings is 1. The minimum atomic E-state index is -0.915. The van der Waals surface area contributed by atoms with Crippen LogP contribution in [0.1, 0.15) is 29.0 Å². The Morgan fingerprint density at radius 1 is 1.31 bits per heavy atom. The molecule has 5 rings (SSSR count). The summed E-state index contributed by atoms with van der Waals surface area (Å²) in [7, 11) is 1.84. The van der Waals surface area contributed by atoms with Crippen molar-refractivity contribution in [2.24, 2.45) is 12.8 Å². The summed E-state index contributed by atoms with van der Waals surface area (Å²) in [6.07, 6.45) is 3.93. The molecule has 164 valence electrons. The average Bonchev–Trinajstić information content (AvgIpc) is 3.35. The first-order chi connectivity index (χ1) is 15.4. The van der Waals surface area contributed by atoms with E-state index >= 15 is 0 Å². The van der Waals surface area contributed by atoms with Crippen molar-refractivity contribution in [3.05, 3.63) is 48.0 Å². The van der Waals surface area contributed by atoms with Gasteiger partial charge in [0, 0.05) is 60.4 Å². The largest absolute Gasteiger partial charge is 0.435 e. The fourth-order valence-corrected chi connectivity index (χ4v) is 4.24. The van der Waals surface area contributed by atoms with Gasteiger partial charge in [-0.3, -0.25) is 14.5 Å². The number of fused-ring (bicyclic) bond motifs is 1. The van der Waals surface area contributed by atoms with Crippen LogP contribution >= 0.6 is 0 Å². The highest BCUT2D eigenvalue weighted by atomic mass is 19.1. The zero-order valence-corrected chi connectivity index (χ0v) is 17.9. The molecule has 1 aliphatic heterocycles. The van der Waals surface area contributed by atoms with E-state index in [4.69, 9.17) is 10.2 Å². The number of carbonyl (C=O) groups excluding carboxylic acids is 1. The first-order valence-corrected chi connectivity index (χ1v) is 10.5. The lowest BCUT2D eigenvalue weighted by Gasteiger charge is -2.32. The van der Waals surface area contributed by atoms with Gasteiger partial charge in [0.15, 0.2) is 11.5 Å². The molecule has 1 aliphatic rings. The van der Waals surface area contributed by atoms with E-state index in [2.05, 4.69) is 15.1 Å². The number of halogens is 1. The highest BCUT2D eigenvalue weighted by Gasteiger charge is 2.28. The maximum atomic E-state index is 14.3. The van der Waals surface area contributed by atoms with Crippen molar-refractivity contribution in [3.63, 3.8) is 0 Å². The van der Waals surface area contributed by atoms with E-state index < -0.39 is 12.1 Å². The van der Waals surface area contributed by atoms with Crippen molar-refractivity contribution in [1.29, 1.82) is 0 Å². The molecule has 0 bridgehead atoms. The van der Waals surface area contributed by atoms with Gasteiger partial charge >= 0.3 is 0 Å². The number of oxazole rings is 1. The average molecular weight is 434 g/mol. The fourth-order valence-electron chi connectivity index (χ4n) is 4.24. The number of hydrogen-bond acceptors (Lipinski definition) is 6. The molecule has 0 spiro atoms. The molecule has 1 aromatic carbocycles. The van der Waals surface area contributed by atoms with Crippen molar-refractivity contribution in [2.45, 2.75) is 25.9 Å². The smallest absolute Gasteiger partial charge is 0.271 e. The van der Waals surface area contributed by atoms with E-state index in [9.17, 15) is 9.18 Å². The highest BCUT2D eigenvalue weighted by Crippen LogP contribution is 2.39. The summed E-state index contributed by atoms with van der Waals surface area (Å²) in [6, 6.07) is 7.39. The van der Waals surface area contributed by atoms with Crippen LogP contribution in [0.3, 0.4) is 0 Å². The lowest BCUT2D eigenvalue weighted by Crippen LogP contribution is -2.36. The SMILES string of the molecule is Cc1cc(-c2nc(C(N)=O)c(-c3cc4nn(C)cc4cc3N3CCCC(F)C3)o2)ccn1. The third kappa shape index (κ3) is 3.59. The van der Waals surface area contributed by atoms with Crippen molar-refractivity contribution < 1.29 is 13.6 Å². The Balaban J connectivity index is 1.72. The predicted molar refractivity (Wildman–Crippen MR) is 119 cm³/mol. The Hall–Kier alpha value is -3.75. The molecule has 1 amide bonds. The zero-order valence-electron chi connectivity index (χ0n) is 17.9. The first kappa shape index (κ1) is 20.2. The Labute approximate surface area is 183 Å². The van der Waals surface area contributed by atoms with Gasteiger partial charge in [0.25, 0.3) is 5.91 Å². The van der Waals surface area contributed by atoms with E-state index in [0.29, 0.717) is 24.1 Å². The van der Waals surface area contributed by atoms with E-state index in [-0.39, 0.29) is 23.9 Å². The summed E-state index contributed by atoms with van der Waals surface area (Å²) in [4.78, 5) is 22.9. The van der Waals surface area contributed by atoms with E-state index in [1.807, 2.05) is 43.3 Å². The van der Waals surface area contributed by atoms with Crippen molar-refractivity contribution in [2.75, 3.05) is 18.0 Å². The maximum absolute atomic E-state index is 14.3. The van der Waals surface area contributed by atoms with Gasteiger partial charge in [0.1, 0.15) is 6.17 Å². The van der Waals surface area contributed by atoms with Crippen LogP contribution in [-0.2, 0) is 7.05 Å². The molecule has 32 heavy (non-hydrogen) atoms. The van der Waals surface area contributed by atoms with Crippen molar-refractivity contribution in [3.8, 4) is 22.8 Å². The van der Waals surface area contributed by atoms with Crippen LogP contribution in [0.15, 0.2) is 41.1 Å². The van der Waals surface area contributed by atoms with Gasteiger partial charge in [-0.05, 0) is 44.0 Å². The molecule has 9 heteroatoms. The summed E-state index contributed by atoms with van der Waals surface area (Å²) in [5.74, 6) is -0.172.